The van der Waals surface area contributed by atoms with E-state index >= 15 is 0 Å². The van der Waals surface area contributed by atoms with Crippen molar-refractivity contribution in [3.8, 4) is 0 Å². The van der Waals surface area contributed by atoms with E-state index in [1.54, 1.807) is 0 Å². The molecule has 0 amide bonds. The molecule has 1 saturated carbocycles. The molecule has 0 spiro atoms. The highest BCUT2D eigenvalue weighted by atomic mass is 79.9. The van der Waals surface area contributed by atoms with Crippen molar-refractivity contribution in [2.75, 3.05) is 5.32 Å². The fourth-order valence-electron chi connectivity index (χ4n) is 2.89. The Hall–Kier alpha value is -1.28. The lowest BCUT2D eigenvalue weighted by Gasteiger charge is -2.37. The molecule has 1 N–H and O–H groups in total. The zero-order chi connectivity index (χ0) is 14.1. The van der Waals surface area contributed by atoms with Crippen LogP contribution in [0.25, 0.3) is 0 Å². The molecule has 20 heavy (non-hydrogen) atoms. The van der Waals surface area contributed by atoms with Crippen molar-refractivity contribution in [1.82, 2.24) is 0 Å². The largest absolute Gasteiger partial charge is 0.381 e. The van der Waals surface area contributed by atoms with Crippen LogP contribution >= 0.6 is 15.9 Å². The first-order valence-electron chi connectivity index (χ1n) is 7.21. The maximum absolute atomic E-state index is 3.64. The van der Waals surface area contributed by atoms with E-state index in [0.717, 1.165) is 10.4 Å². The second kappa shape index (κ2) is 5.61. The van der Waals surface area contributed by atoms with E-state index in [1.165, 1.54) is 35.2 Å². The average Bonchev–Trinajstić information content (AvgIpc) is 2.35. The van der Waals surface area contributed by atoms with Crippen molar-refractivity contribution in [3.63, 3.8) is 0 Å². The Morgan fingerprint density at radius 3 is 2.45 bits per heavy atom. The van der Waals surface area contributed by atoms with Crippen LogP contribution in [0.15, 0.2) is 46.9 Å². The summed E-state index contributed by atoms with van der Waals surface area (Å²) in [7, 11) is 0. The molecular weight excluding hydrogens is 310 g/mol. The number of benzene rings is 2. The van der Waals surface area contributed by atoms with Crippen molar-refractivity contribution in [1.29, 1.82) is 0 Å². The molecule has 0 bridgehead atoms. The average molecular weight is 330 g/mol. The van der Waals surface area contributed by atoms with Gasteiger partial charge >= 0.3 is 0 Å². The van der Waals surface area contributed by atoms with Gasteiger partial charge in [0.2, 0.25) is 0 Å². The highest BCUT2D eigenvalue weighted by Gasteiger charge is 2.30. The topological polar surface area (TPSA) is 12.0 Å². The molecule has 3 rings (SSSR count). The van der Waals surface area contributed by atoms with Crippen molar-refractivity contribution in [2.45, 2.75) is 38.6 Å². The molecule has 2 heteroatoms. The third kappa shape index (κ3) is 2.90. The van der Waals surface area contributed by atoms with Gasteiger partial charge in [-0.3, -0.25) is 0 Å². The first kappa shape index (κ1) is 13.7. The van der Waals surface area contributed by atoms with Gasteiger partial charge in [0.25, 0.3) is 0 Å². The summed E-state index contributed by atoms with van der Waals surface area (Å²) in [6.07, 6.45) is 2.45. The molecule has 2 aromatic rings. The van der Waals surface area contributed by atoms with Crippen molar-refractivity contribution in [2.24, 2.45) is 0 Å². The van der Waals surface area contributed by atoms with E-state index in [-0.39, 0.29) is 0 Å². The third-order valence-electron chi connectivity index (χ3n) is 4.14. The lowest BCUT2D eigenvalue weighted by atomic mass is 9.75. The van der Waals surface area contributed by atoms with Gasteiger partial charge in [0, 0.05) is 16.2 Å². The number of halogens is 1. The summed E-state index contributed by atoms with van der Waals surface area (Å²) >= 11 is 3.64. The van der Waals surface area contributed by atoms with E-state index in [0.29, 0.717) is 6.04 Å². The standard InChI is InChI=1S/C18H20BrN/c1-12-4-3-5-14(8-12)15-10-16(11-15)20-18-7-6-13(2)9-17(18)19/h3-9,15-16,20H,10-11H2,1-2H3. The van der Waals surface area contributed by atoms with Crippen LogP contribution in [-0.2, 0) is 0 Å². The fourth-order valence-corrected chi connectivity index (χ4v) is 3.50. The molecule has 0 saturated heterocycles. The molecule has 0 radical (unpaired) electrons. The number of aryl methyl sites for hydroxylation is 2. The fraction of sp³-hybridized carbons (Fsp3) is 0.333. The van der Waals surface area contributed by atoms with Crippen molar-refractivity contribution in [3.05, 3.63) is 63.6 Å². The van der Waals surface area contributed by atoms with Gasteiger partial charge in [0.15, 0.2) is 0 Å². The van der Waals surface area contributed by atoms with Gasteiger partial charge in [0.05, 0.1) is 0 Å². The summed E-state index contributed by atoms with van der Waals surface area (Å²) < 4.78 is 1.16. The quantitative estimate of drug-likeness (QED) is 0.792. The lowest BCUT2D eigenvalue weighted by molar-refractivity contribution is 0.374. The van der Waals surface area contributed by atoms with Crippen molar-refractivity contribution >= 4 is 21.6 Å². The van der Waals surface area contributed by atoms with Gasteiger partial charge in [-0.2, -0.15) is 0 Å². The zero-order valence-electron chi connectivity index (χ0n) is 12.0. The first-order chi connectivity index (χ1) is 9.61. The molecule has 1 aliphatic rings. The first-order valence-corrected chi connectivity index (χ1v) is 8.00. The maximum atomic E-state index is 3.64. The molecule has 0 heterocycles. The van der Waals surface area contributed by atoms with Gasteiger partial charge in [-0.1, -0.05) is 35.9 Å². The van der Waals surface area contributed by atoms with Crippen LogP contribution in [0.2, 0.25) is 0 Å². The molecule has 0 atom stereocenters. The van der Waals surface area contributed by atoms with Crippen LogP contribution in [0.4, 0.5) is 5.69 Å². The maximum Gasteiger partial charge on any atom is 0.0486 e. The zero-order valence-corrected chi connectivity index (χ0v) is 13.6. The number of nitrogens with one attached hydrogen (secondary N) is 1. The SMILES string of the molecule is Cc1cccc(C2CC(Nc3ccc(C)cc3Br)C2)c1. The highest BCUT2D eigenvalue weighted by molar-refractivity contribution is 9.10. The van der Waals surface area contributed by atoms with Crippen molar-refractivity contribution < 1.29 is 0 Å². The minimum atomic E-state index is 0.597. The molecule has 1 fully saturated rings. The van der Waals surface area contributed by atoms with Crippen LogP contribution in [-0.4, -0.2) is 6.04 Å². The third-order valence-corrected chi connectivity index (χ3v) is 4.79. The van der Waals surface area contributed by atoms with E-state index in [2.05, 4.69) is 77.6 Å². The number of rotatable bonds is 3. The summed E-state index contributed by atoms with van der Waals surface area (Å²) in [6.45, 7) is 4.28. The Labute approximate surface area is 129 Å². The summed E-state index contributed by atoms with van der Waals surface area (Å²) in [5, 5.41) is 3.64. The van der Waals surface area contributed by atoms with Crippen LogP contribution in [0, 0.1) is 13.8 Å². The van der Waals surface area contributed by atoms with Gasteiger partial charge < -0.3 is 5.32 Å². The monoisotopic (exact) mass is 329 g/mol. The van der Waals surface area contributed by atoms with Gasteiger partial charge in [0.1, 0.15) is 0 Å². The Balaban J connectivity index is 1.61. The Bertz CT molecular complexity index is 615. The second-order valence-electron chi connectivity index (χ2n) is 5.91. The minimum absolute atomic E-state index is 0.597. The minimum Gasteiger partial charge on any atom is -0.381 e. The van der Waals surface area contributed by atoms with Gasteiger partial charge in [-0.25, -0.2) is 0 Å². The molecule has 2 aromatic carbocycles. The van der Waals surface area contributed by atoms with Crippen LogP contribution in [0.3, 0.4) is 0 Å². The molecule has 1 aliphatic carbocycles. The van der Waals surface area contributed by atoms with E-state index in [1.807, 2.05) is 0 Å². The summed E-state index contributed by atoms with van der Waals surface area (Å²) in [5.74, 6) is 0.719. The predicted octanol–water partition coefficient (Wildman–Crippen LogP) is 5.42. The summed E-state index contributed by atoms with van der Waals surface area (Å²) in [5.41, 5.74) is 5.35. The molecule has 104 valence electrons. The summed E-state index contributed by atoms with van der Waals surface area (Å²) in [4.78, 5) is 0. The highest BCUT2D eigenvalue weighted by Crippen LogP contribution is 2.39. The van der Waals surface area contributed by atoms with Crippen LogP contribution in [0.1, 0.15) is 35.4 Å². The normalized spacial score (nSPS) is 21.4. The molecule has 1 nitrogen and oxygen atoms in total. The number of hydrogen-bond donors (Lipinski definition) is 1. The van der Waals surface area contributed by atoms with Gasteiger partial charge in [-0.05, 0) is 71.8 Å². The van der Waals surface area contributed by atoms with Crippen LogP contribution < -0.4 is 5.32 Å². The number of hydrogen-bond acceptors (Lipinski definition) is 1. The Morgan fingerprint density at radius 1 is 1.00 bits per heavy atom. The van der Waals surface area contributed by atoms with E-state index in [4.69, 9.17) is 0 Å². The van der Waals surface area contributed by atoms with Crippen LogP contribution in [0.5, 0.6) is 0 Å². The summed E-state index contributed by atoms with van der Waals surface area (Å²) in [6, 6.07) is 16.0. The van der Waals surface area contributed by atoms with Gasteiger partial charge in [-0.15, -0.1) is 0 Å². The van der Waals surface area contributed by atoms with E-state index < -0.39 is 0 Å². The Kier molecular flexibility index (Phi) is 3.84. The second-order valence-corrected chi connectivity index (χ2v) is 6.76. The number of anilines is 1. The molecule has 0 unspecified atom stereocenters. The molecule has 0 aromatic heterocycles. The van der Waals surface area contributed by atoms with E-state index in [9.17, 15) is 0 Å². The molecular formula is C18H20BrN. The lowest BCUT2D eigenvalue weighted by Crippen LogP contribution is -2.34. The predicted molar refractivity (Wildman–Crippen MR) is 89.4 cm³/mol. The molecule has 0 aliphatic heterocycles. The smallest absolute Gasteiger partial charge is 0.0486 e. The Morgan fingerprint density at radius 2 is 1.75 bits per heavy atom.